The van der Waals surface area contributed by atoms with Crippen LogP contribution in [0.2, 0.25) is 5.02 Å². The molecule has 102 valence electrons. The van der Waals surface area contributed by atoms with Crippen LogP contribution in [0.4, 0.5) is 27.6 Å². The lowest BCUT2D eigenvalue weighted by Crippen LogP contribution is -2.20. The molecule has 8 heteroatoms. The Morgan fingerprint density at radius 1 is 1.22 bits per heavy atom. The Hall–Kier alpha value is -1.08. The maximum atomic E-state index is 13.2. The maximum Gasteiger partial charge on any atom is 0.411 e. The lowest BCUT2D eigenvalue weighted by molar-refractivity contribution is -0.172. The van der Waals surface area contributed by atoms with Crippen LogP contribution in [-0.4, -0.2) is 25.9 Å². The highest BCUT2D eigenvalue weighted by Crippen LogP contribution is 2.26. The molecule has 0 atom stereocenters. The van der Waals surface area contributed by atoms with Gasteiger partial charge >= 0.3 is 6.18 Å². The second-order valence-electron chi connectivity index (χ2n) is 3.34. The van der Waals surface area contributed by atoms with Crippen LogP contribution in [0.1, 0.15) is 0 Å². The number of alkyl halides is 3. The molecule has 0 spiro atoms. The molecule has 0 unspecified atom stereocenters. The second-order valence-corrected chi connectivity index (χ2v) is 3.75. The van der Waals surface area contributed by atoms with Crippen molar-refractivity contribution in [1.29, 1.82) is 0 Å². The van der Waals surface area contributed by atoms with E-state index in [-0.39, 0.29) is 23.9 Å². The van der Waals surface area contributed by atoms with Gasteiger partial charge in [0.15, 0.2) is 5.82 Å². The molecular formula is C10H9ClF5NO. The van der Waals surface area contributed by atoms with Gasteiger partial charge in [0.05, 0.1) is 17.3 Å². The number of benzene rings is 1. The molecule has 0 bridgehead atoms. The molecular weight excluding hydrogens is 281 g/mol. The van der Waals surface area contributed by atoms with Gasteiger partial charge in [0.1, 0.15) is 12.4 Å². The zero-order valence-corrected chi connectivity index (χ0v) is 9.71. The van der Waals surface area contributed by atoms with E-state index in [4.69, 9.17) is 11.6 Å². The molecule has 0 aromatic heterocycles. The van der Waals surface area contributed by atoms with E-state index in [1.807, 2.05) is 0 Å². The summed E-state index contributed by atoms with van der Waals surface area (Å²) in [6.07, 6.45) is -4.40. The number of ether oxygens (including phenoxy) is 1. The summed E-state index contributed by atoms with van der Waals surface area (Å²) in [7, 11) is 0. The average Bonchev–Trinajstić information content (AvgIpc) is 2.19. The molecule has 1 N–H and O–H groups in total. The van der Waals surface area contributed by atoms with Crippen LogP contribution in [0.25, 0.3) is 0 Å². The normalized spacial score (nSPS) is 11.7. The number of anilines is 1. The van der Waals surface area contributed by atoms with Gasteiger partial charge in [0.2, 0.25) is 0 Å². The Bertz CT molecular complexity index is 387. The van der Waals surface area contributed by atoms with Gasteiger partial charge in [-0.2, -0.15) is 13.2 Å². The summed E-state index contributed by atoms with van der Waals surface area (Å²) in [5, 5.41) is 2.24. The first-order valence-electron chi connectivity index (χ1n) is 4.82. The lowest BCUT2D eigenvalue weighted by atomic mass is 10.3. The van der Waals surface area contributed by atoms with Crippen molar-refractivity contribution >= 4 is 17.3 Å². The SMILES string of the molecule is Fc1cc(F)c(NCCOCC(F)(F)F)c(Cl)c1. The van der Waals surface area contributed by atoms with Crippen LogP contribution in [0, 0.1) is 11.6 Å². The Morgan fingerprint density at radius 3 is 2.44 bits per heavy atom. The minimum Gasteiger partial charge on any atom is -0.379 e. The van der Waals surface area contributed by atoms with Crippen molar-refractivity contribution in [2.75, 3.05) is 25.1 Å². The fourth-order valence-corrected chi connectivity index (χ4v) is 1.41. The van der Waals surface area contributed by atoms with Crippen LogP contribution in [0.15, 0.2) is 12.1 Å². The Morgan fingerprint density at radius 2 is 1.89 bits per heavy atom. The van der Waals surface area contributed by atoms with E-state index < -0.39 is 24.4 Å². The zero-order valence-electron chi connectivity index (χ0n) is 8.95. The molecule has 18 heavy (non-hydrogen) atoms. The standard InChI is InChI=1S/C10H9ClF5NO/c11-7-3-6(12)4-8(13)9(7)17-1-2-18-5-10(14,15)16/h3-4,17H,1-2,5H2. The molecule has 0 aliphatic rings. The summed E-state index contributed by atoms with van der Waals surface area (Å²) >= 11 is 5.56. The van der Waals surface area contributed by atoms with Gasteiger partial charge in [-0.15, -0.1) is 0 Å². The van der Waals surface area contributed by atoms with E-state index in [9.17, 15) is 22.0 Å². The molecule has 0 aliphatic heterocycles. The van der Waals surface area contributed by atoms with E-state index >= 15 is 0 Å². The monoisotopic (exact) mass is 289 g/mol. The summed E-state index contributed by atoms with van der Waals surface area (Å²) < 4.78 is 65.3. The van der Waals surface area contributed by atoms with E-state index in [0.29, 0.717) is 6.07 Å². The van der Waals surface area contributed by atoms with Crippen LogP contribution in [0.3, 0.4) is 0 Å². The second kappa shape index (κ2) is 6.19. The van der Waals surface area contributed by atoms with E-state index in [1.165, 1.54) is 0 Å². The molecule has 1 rings (SSSR count). The summed E-state index contributed by atoms with van der Waals surface area (Å²) in [6.45, 7) is -1.75. The summed E-state index contributed by atoms with van der Waals surface area (Å²) in [4.78, 5) is 0. The average molecular weight is 290 g/mol. The molecule has 2 nitrogen and oxygen atoms in total. The van der Waals surface area contributed by atoms with Gasteiger partial charge in [-0.1, -0.05) is 11.6 Å². The van der Waals surface area contributed by atoms with Gasteiger partial charge < -0.3 is 10.1 Å². The first-order chi connectivity index (χ1) is 8.29. The number of nitrogens with one attached hydrogen (secondary N) is 1. The highest BCUT2D eigenvalue weighted by atomic mass is 35.5. The van der Waals surface area contributed by atoms with Crippen LogP contribution in [-0.2, 0) is 4.74 Å². The first-order valence-corrected chi connectivity index (χ1v) is 5.20. The molecule has 0 saturated heterocycles. The van der Waals surface area contributed by atoms with Crippen molar-refractivity contribution < 1.29 is 26.7 Å². The lowest BCUT2D eigenvalue weighted by Gasteiger charge is -2.11. The molecule has 1 aromatic rings. The van der Waals surface area contributed by atoms with Gasteiger partial charge in [-0.05, 0) is 6.07 Å². The van der Waals surface area contributed by atoms with Crippen molar-refractivity contribution in [1.82, 2.24) is 0 Å². The van der Waals surface area contributed by atoms with Gasteiger partial charge in [0, 0.05) is 12.6 Å². The van der Waals surface area contributed by atoms with Gasteiger partial charge in [0.25, 0.3) is 0 Å². The molecule has 1 aromatic carbocycles. The highest BCUT2D eigenvalue weighted by molar-refractivity contribution is 6.33. The van der Waals surface area contributed by atoms with Crippen molar-refractivity contribution in [2.24, 2.45) is 0 Å². The van der Waals surface area contributed by atoms with Gasteiger partial charge in [-0.25, -0.2) is 8.78 Å². The number of halogens is 6. The molecule has 0 fully saturated rings. The fraction of sp³-hybridized carbons (Fsp3) is 0.400. The molecule has 0 amide bonds. The minimum atomic E-state index is -4.40. The topological polar surface area (TPSA) is 21.3 Å². The van der Waals surface area contributed by atoms with Crippen LogP contribution < -0.4 is 5.32 Å². The van der Waals surface area contributed by atoms with Crippen LogP contribution >= 0.6 is 11.6 Å². The predicted octanol–water partition coefficient (Wildman–Crippen LogP) is 3.61. The highest BCUT2D eigenvalue weighted by Gasteiger charge is 2.27. The fourth-order valence-electron chi connectivity index (χ4n) is 1.15. The Balaban J connectivity index is 2.41. The molecule has 0 radical (unpaired) electrons. The number of rotatable bonds is 5. The largest absolute Gasteiger partial charge is 0.411 e. The summed E-state index contributed by atoms with van der Waals surface area (Å²) in [5.41, 5.74) is -0.173. The Kier molecular flexibility index (Phi) is 5.15. The van der Waals surface area contributed by atoms with Crippen LogP contribution in [0.5, 0.6) is 0 Å². The van der Waals surface area contributed by atoms with Crippen molar-refractivity contribution in [3.63, 3.8) is 0 Å². The smallest absolute Gasteiger partial charge is 0.379 e. The molecule has 0 aliphatic carbocycles. The quantitative estimate of drug-likeness (QED) is 0.660. The third-order valence-corrected chi connectivity index (χ3v) is 2.12. The maximum absolute atomic E-state index is 13.2. The zero-order chi connectivity index (χ0) is 13.8. The number of hydrogen-bond donors (Lipinski definition) is 1. The predicted molar refractivity (Wildman–Crippen MR) is 56.7 cm³/mol. The van der Waals surface area contributed by atoms with Gasteiger partial charge in [-0.3, -0.25) is 0 Å². The number of hydrogen-bond acceptors (Lipinski definition) is 2. The molecule has 0 heterocycles. The van der Waals surface area contributed by atoms with Crippen molar-refractivity contribution in [3.05, 3.63) is 28.8 Å². The molecule has 0 saturated carbocycles. The first kappa shape index (κ1) is 15.0. The summed E-state index contributed by atoms with van der Waals surface area (Å²) in [6, 6.07) is 1.51. The third-order valence-electron chi connectivity index (χ3n) is 1.82. The third kappa shape index (κ3) is 5.05. The van der Waals surface area contributed by atoms with Crippen molar-refractivity contribution in [2.45, 2.75) is 6.18 Å². The summed E-state index contributed by atoms with van der Waals surface area (Å²) in [5.74, 6) is -1.76. The minimum absolute atomic E-state index is 0.0850. The van der Waals surface area contributed by atoms with E-state index in [2.05, 4.69) is 10.1 Å². The Labute approximate surface area is 105 Å². The van der Waals surface area contributed by atoms with E-state index in [1.54, 1.807) is 0 Å². The van der Waals surface area contributed by atoms with E-state index in [0.717, 1.165) is 6.07 Å². The van der Waals surface area contributed by atoms with Crippen molar-refractivity contribution in [3.8, 4) is 0 Å².